The summed E-state index contributed by atoms with van der Waals surface area (Å²) in [6.07, 6.45) is 1.12. The molecule has 6 nitrogen and oxygen atoms in total. The molecule has 1 heterocycles. The Kier molecular flexibility index (Phi) is 5.47. The van der Waals surface area contributed by atoms with Crippen LogP contribution in [0, 0.1) is 5.41 Å². The van der Waals surface area contributed by atoms with Crippen LogP contribution in [0.1, 0.15) is 27.2 Å². The average Bonchev–Trinajstić information content (AvgIpc) is 2.86. The Hall–Kier alpha value is -2.24. The number of likely N-dealkylation sites (tertiary alicyclic amines) is 1. The van der Waals surface area contributed by atoms with Crippen LogP contribution in [0.25, 0.3) is 0 Å². The third-order valence-electron chi connectivity index (χ3n) is 3.84. The van der Waals surface area contributed by atoms with Crippen molar-refractivity contribution in [2.45, 2.75) is 27.2 Å². The number of carbonyl (C=O) groups is 1. The number of aromatic hydroxyl groups is 1. The minimum atomic E-state index is -0.176. The third kappa shape index (κ3) is 5.16. The van der Waals surface area contributed by atoms with Crippen LogP contribution in [-0.4, -0.2) is 48.1 Å². The van der Waals surface area contributed by atoms with Gasteiger partial charge in [-0.1, -0.05) is 13.8 Å². The van der Waals surface area contributed by atoms with Crippen molar-refractivity contribution in [1.82, 2.24) is 10.2 Å². The largest absolute Gasteiger partial charge is 0.508 e. The molecule has 6 heteroatoms. The maximum absolute atomic E-state index is 12.0. The molecule has 1 saturated heterocycles. The maximum atomic E-state index is 12.0. The quantitative estimate of drug-likeness (QED) is 0.451. The fourth-order valence-electron chi connectivity index (χ4n) is 2.61. The molecular formula is C17H26N4O2. The zero-order valence-corrected chi connectivity index (χ0v) is 14.1. The van der Waals surface area contributed by atoms with Crippen molar-refractivity contribution in [2.24, 2.45) is 10.4 Å². The molecule has 0 aromatic heterocycles. The normalized spacial score (nSPS) is 17.2. The van der Waals surface area contributed by atoms with Crippen molar-refractivity contribution in [2.75, 3.05) is 31.5 Å². The molecule has 3 N–H and O–H groups in total. The first-order valence-corrected chi connectivity index (χ1v) is 8.02. The Morgan fingerprint density at radius 3 is 2.61 bits per heavy atom. The number of guanidine groups is 1. The number of hydrogen-bond acceptors (Lipinski definition) is 3. The van der Waals surface area contributed by atoms with E-state index in [1.54, 1.807) is 12.1 Å². The molecule has 1 fully saturated rings. The summed E-state index contributed by atoms with van der Waals surface area (Å²) in [5.41, 5.74) is 0.931. The van der Waals surface area contributed by atoms with Crippen LogP contribution < -0.4 is 10.6 Å². The molecule has 126 valence electrons. The second-order valence-corrected chi connectivity index (χ2v) is 6.60. The van der Waals surface area contributed by atoms with Gasteiger partial charge in [-0.25, -0.2) is 4.99 Å². The van der Waals surface area contributed by atoms with Gasteiger partial charge in [0.15, 0.2) is 5.96 Å². The minimum Gasteiger partial charge on any atom is -0.508 e. The van der Waals surface area contributed by atoms with Crippen molar-refractivity contribution in [1.29, 1.82) is 0 Å². The third-order valence-corrected chi connectivity index (χ3v) is 3.84. The number of phenols is 1. The summed E-state index contributed by atoms with van der Waals surface area (Å²) in [7, 11) is 0. The van der Waals surface area contributed by atoms with E-state index in [1.807, 2.05) is 6.92 Å². The van der Waals surface area contributed by atoms with E-state index in [2.05, 4.69) is 34.4 Å². The van der Waals surface area contributed by atoms with Crippen molar-refractivity contribution >= 4 is 17.6 Å². The smallest absolute Gasteiger partial charge is 0.246 e. The molecule has 2 rings (SSSR count). The summed E-state index contributed by atoms with van der Waals surface area (Å²) in [6.45, 7) is 9.25. The van der Waals surface area contributed by atoms with Crippen LogP contribution in [0.3, 0.4) is 0 Å². The molecule has 1 aliphatic rings. The van der Waals surface area contributed by atoms with Gasteiger partial charge in [-0.2, -0.15) is 0 Å². The summed E-state index contributed by atoms with van der Waals surface area (Å²) in [5.74, 6) is 0.788. The fraction of sp³-hybridized carbons (Fsp3) is 0.529. The molecule has 0 unspecified atom stereocenters. The number of nitrogens with zero attached hydrogens (tertiary/aromatic N) is 2. The first-order chi connectivity index (χ1) is 10.9. The molecular weight excluding hydrogens is 292 g/mol. The summed E-state index contributed by atoms with van der Waals surface area (Å²) in [4.78, 5) is 18.7. The molecule has 23 heavy (non-hydrogen) atoms. The molecule has 1 aliphatic heterocycles. The molecule has 0 atom stereocenters. The molecule has 0 bridgehead atoms. The number of hydrogen-bond donors (Lipinski definition) is 3. The number of anilines is 1. The molecule has 0 radical (unpaired) electrons. The van der Waals surface area contributed by atoms with E-state index in [4.69, 9.17) is 0 Å². The Balaban J connectivity index is 1.94. The van der Waals surface area contributed by atoms with Gasteiger partial charge in [0.2, 0.25) is 5.91 Å². The van der Waals surface area contributed by atoms with Crippen LogP contribution in [0.5, 0.6) is 5.75 Å². The van der Waals surface area contributed by atoms with Gasteiger partial charge < -0.3 is 20.6 Å². The van der Waals surface area contributed by atoms with Crippen LogP contribution in [-0.2, 0) is 4.79 Å². The van der Waals surface area contributed by atoms with Crippen LogP contribution in [0.2, 0.25) is 0 Å². The Labute approximate surface area is 137 Å². The Morgan fingerprint density at radius 1 is 1.35 bits per heavy atom. The van der Waals surface area contributed by atoms with Crippen LogP contribution in [0.15, 0.2) is 29.3 Å². The Bertz CT molecular complexity index is 566. The molecule has 1 aromatic carbocycles. The first-order valence-electron chi connectivity index (χ1n) is 8.02. The predicted octanol–water partition coefficient (Wildman–Crippen LogP) is 2.03. The average molecular weight is 318 g/mol. The van der Waals surface area contributed by atoms with E-state index in [0.29, 0.717) is 5.69 Å². The van der Waals surface area contributed by atoms with Crippen molar-refractivity contribution in [3.8, 4) is 5.75 Å². The van der Waals surface area contributed by atoms with E-state index in [-0.39, 0.29) is 23.6 Å². The maximum Gasteiger partial charge on any atom is 0.246 e. The lowest BCUT2D eigenvalue weighted by Gasteiger charge is -2.23. The number of benzene rings is 1. The number of amides is 1. The molecule has 0 aliphatic carbocycles. The summed E-state index contributed by atoms with van der Waals surface area (Å²) in [5, 5.41) is 15.3. The molecule has 0 spiro atoms. The van der Waals surface area contributed by atoms with Gasteiger partial charge in [0.05, 0.1) is 0 Å². The van der Waals surface area contributed by atoms with Gasteiger partial charge in [0.1, 0.15) is 12.3 Å². The van der Waals surface area contributed by atoms with E-state index in [9.17, 15) is 9.90 Å². The highest BCUT2D eigenvalue weighted by atomic mass is 16.3. The first kappa shape index (κ1) is 17.1. The summed E-state index contributed by atoms with van der Waals surface area (Å²) in [6, 6.07) is 6.39. The second kappa shape index (κ2) is 7.35. The van der Waals surface area contributed by atoms with Gasteiger partial charge in [-0.15, -0.1) is 0 Å². The number of rotatable bonds is 4. The van der Waals surface area contributed by atoms with E-state index < -0.39 is 0 Å². The molecule has 0 saturated carbocycles. The summed E-state index contributed by atoms with van der Waals surface area (Å²) >= 11 is 0. The Morgan fingerprint density at radius 2 is 2.04 bits per heavy atom. The number of aliphatic imine (C=N–C) groups is 1. The lowest BCUT2D eigenvalue weighted by Crippen LogP contribution is -2.41. The van der Waals surface area contributed by atoms with Crippen molar-refractivity contribution < 1.29 is 9.90 Å². The van der Waals surface area contributed by atoms with Gasteiger partial charge in [-0.05, 0) is 43.0 Å². The fourth-order valence-corrected chi connectivity index (χ4v) is 2.61. The topological polar surface area (TPSA) is 77.0 Å². The number of nitrogens with one attached hydrogen (secondary N) is 2. The standard InChI is InChI=1S/C17H26N4O2/c1-4-18-16(21-10-9-17(2,3)12-21)19-11-15(23)20-13-5-7-14(22)8-6-13/h5-8,22H,4,9-12H2,1-3H3,(H,18,19)(H,20,23). The number of phenolic OH excluding ortho intramolecular Hbond substituents is 1. The van der Waals surface area contributed by atoms with Crippen molar-refractivity contribution in [3.05, 3.63) is 24.3 Å². The second-order valence-electron chi connectivity index (χ2n) is 6.60. The highest BCUT2D eigenvalue weighted by Gasteiger charge is 2.30. The zero-order valence-electron chi connectivity index (χ0n) is 14.1. The van der Waals surface area contributed by atoms with Gasteiger partial charge in [0.25, 0.3) is 0 Å². The number of carbonyl (C=O) groups excluding carboxylic acids is 1. The van der Waals surface area contributed by atoms with Gasteiger partial charge >= 0.3 is 0 Å². The summed E-state index contributed by atoms with van der Waals surface area (Å²) < 4.78 is 0. The van der Waals surface area contributed by atoms with Gasteiger partial charge in [0, 0.05) is 25.3 Å². The lowest BCUT2D eigenvalue weighted by molar-refractivity contribution is -0.114. The van der Waals surface area contributed by atoms with Crippen molar-refractivity contribution in [3.63, 3.8) is 0 Å². The van der Waals surface area contributed by atoms with Crippen LogP contribution in [0.4, 0.5) is 5.69 Å². The van der Waals surface area contributed by atoms with E-state index in [0.717, 1.165) is 32.0 Å². The van der Waals surface area contributed by atoms with Gasteiger partial charge in [-0.3, -0.25) is 4.79 Å². The lowest BCUT2D eigenvalue weighted by atomic mass is 9.93. The predicted molar refractivity (Wildman–Crippen MR) is 92.7 cm³/mol. The van der Waals surface area contributed by atoms with Crippen LogP contribution >= 0.6 is 0 Å². The monoisotopic (exact) mass is 318 g/mol. The zero-order chi connectivity index (χ0) is 16.9. The minimum absolute atomic E-state index is 0.0696. The highest BCUT2D eigenvalue weighted by Crippen LogP contribution is 2.28. The van der Waals surface area contributed by atoms with E-state index in [1.165, 1.54) is 12.1 Å². The van der Waals surface area contributed by atoms with E-state index >= 15 is 0 Å². The molecule has 1 amide bonds. The SMILES string of the molecule is CCNC(=NCC(=O)Nc1ccc(O)cc1)N1CCC(C)(C)C1. The highest BCUT2D eigenvalue weighted by molar-refractivity contribution is 5.94. The molecule has 1 aromatic rings.